The molecule has 1 amide bonds. The Morgan fingerprint density at radius 3 is 2.74 bits per heavy atom. The van der Waals surface area contributed by atoms with Crippen LogP contribution in [0.1, 0.15) is 13.8 Å². The van der Waals surface area contributed by atoms with E-state index in [2.05, 4.69) is 10.3 Å². The maximum atomic E-state index is 11.8. The van der Waals surface area contributed by atoms with Gasteiger partial charge in [-0.25, -0.2) is 0 Å². The number of aromatic nitrogens is 1. The summed E-state index contributed by atoms with van der Waals surface area (Å²) in [7, 11) is 0. The van der Waals surface area contributed by atoms with Crippen molar-refractivity contribution in [3.05, 3.63) is 36.5 Å². The van der Waals surface area contributed by atoms with E-state index in [4.69, 9.17) is 5.73 Å². The zero-order chi connectivity index (χ0) is 13.1. The number of halogens is 1. The summed E-state index contributed by atoms with van der Waals surface area (Å²) >= 11 is 0. The van der Waals surface area contributed by atoms with Gasteiger partial charge in [0.2, 0.25) is 5.91 Å². The van der Waals surface area contributed by atoms with Crippen LogP contribution in [0.25, 0.3) is 10.9 Å². The summed E-state index contributed by atoms with van der Waals surface area (Å²) in [4.78, 5) is 16.1. The van der Waals surface area contributed by atoms with Crippen LogP contribution in [0.4, 0.5) is 5.69 Å². The Balaban J connectivity index is 0.00000180. The van der Waals surface area contributed by atoms with Crippen molar-refractivity contribution in [2.24, 2.45) is 11.7 Å². The molecule has 0 aliphatic rings. The van der Waals surface area contributed by atoms with E-state index in [1.54, 1.807) is 6.20 Å². The topological polar surface area (TPSA) is 68.0 Å². The van der Waals surface area contributed by atoms with Crippen molar-refractivity contribution >= 4 is 34.9 Å². The number of amides is 1. The number of carbonyl (C=O) groups is 1. The molecular weight excluding hydrogens is 262 g/mol. The van der Waals surface area contributed by atoms with Crippen LogP contribution in [0.2, 0.25) is 0 Å². The smallest absolute Gasteiger partial charge is 0.241 e. The summed E-state index contributed by atoms with van der Waals surface area (Å²) in [5.41, 5.74) is 7.45. The quantitative estimate of drug-likeness (QED) is 0.907. The molecule has 0 bridgehead atoms. The van der Waals surface area contributed by atoms with E-state index < -0.39 is 6.04 Å². The minimum Gasteiger partial charge on any atom is -0.325 e. The van der Waals surface area contributed by atoms with Crippen LogP contribution in [-0.2, 0) is 4.79 Å². The third kappa shape index (κ3) is 3.66. The molecule has 5 heteroatoms. The number of benzene rings is 1. The van der Waals surface area contributed by atoms with Crippen molar-refractivity contribution in [1.29, 1.82) is 0 Å². The van der Waals surface area contributed by atoms with Crippen LogP contribution < -0.4 is 11.1 Å². The normalized spacial score (nSPS) is 12.0. The number of hydrogen-bond acceptors (Lipinski definition) is 3. The first kappa shape index (κ1) is 15.4. The predicted octanol–water partition coefficient (Wildman–Crippen LogP) is 2.58. The van der Waals surface area contributed by atoms with E-state index in [1.807, 2.05) is 44.2 Å². The summed E-state index contributed by atoms with van der Waals surface area (Å²) in [5.74, 6) is -0.0413. The molecule has 3 N–H and O–H groups in total. The zero-order valence-corrected chi connectivity index (χ0v) is 11.8. The maximum absolute atomic E-state index is 11.8. The van der Waals surface area contributed by atoms with Crippen LogP contribution >= 0.6 is 12.4 Å². The van der Waals surface area contributed by atoms with Gasteiger partial charge in [0.25, 0.3) is 0 Å². The summed E-state index contributed by atoms with van der Waals surface area (Å²) in [6.07, 6.45) is 1.75. The highest BCUT2D eigenvalue weighted by Crippen LogP contribution is 2.17. The predicted molar refractivity (Wildman–Crippen MR) is 80.4 cm³/mol. The van der Waals surface area contributed by atoms with E-state index >= 15 is 0 Å². The lowest BCUT2D eigenvalue weighted by Gasteiger charge is -2.15. The van der Waals surface area contributed by atoms with Gasteiger partial charge in [0.15, 0.2) is 0 Å². The van der Waals surface area contributed by atoms with Gasteiger partial charge in [-0.2, -0.15) is 0 Å². The molecule has 2 aromatic rings. The van der Waals surface area contributed by atoms with Gasteiger partial charge < -0.3 is 11.1 Å². The third-order valence-electron chi connectivity index (χ3n) is 2.89. The first-order valence-electron chi connectivity index (χ1n) is 5.99. The first-order valence-corrected chi connectivity index (χ1v) is 5.99. The van der Waals surface area contributed by atoms with Gasteiger partial charge in [-0.1, -0.05) is 19.9 Å². The van der Waals surface area contributed by atoms with Crippen molar-refractivity contribution in [3.63, 3.8) is 0 Å². The first-order chi connectivity index (χ1) is 8.58. The number of nitrogens with zero attached hydrogens (tertiary/aromatic N) is 1. The number of anilines is 1. The SMILES string of the molecule is CC(C)[C@H](N)C(=O)Nc1ccc2ncccc2c1.Cl. The van der Waals surface area contributed by atoms with Crippen LogP contribution in [0.3, 0.4) is 0 Å². The molecule has 0 spiro atoms. The molecule has 1 aromatic heterocycles. The number of nitrogens with two attached hydrogens (primary N) is 1. The van der Waals surface area contributed by atoms with Gasteiger partial charge in [-0.05, 0) is 30.2 Å². The summed E-state index contributed by atoms with van der Waals surface area (Å²) in [6.45, 7) is 3.85. The van der Waals surface area contributed by atoms with Gasteiger partial charge in [0, 0.05) is 17.3 Å². The van der Waals surface area contributed by atoms with Crippen molar-refractivity contribution in [2.75, 3.05) is 5.32 Å². The van der Waals surface area contributed by atoms with E-state index in [0.29, 0.717) is 0 Å². The number of pyridine rings is 1. The fourth-order valence-electron chi connectivity index (χ4n) is 1.68. The fourth-order valence-corrected chi connectivity index (χ4v) is 1.68. The molecule has 19 heavy (non-hydrogen) atoms. The average molecular weight is 280 g/mol. The standard InChI is InChI=1S/C14H17N3O.ClH/c1-9(2)13(15)14(18)17-11-5-6-12-10(8-11)4-3-7-16-12;/h3-9,13H,15H2,1-2H3,(H,17,18);1H/t13-;/m0./s1. The molecule has 0 saturated carbocycles. The highest BCUT2D eigenvalue weighted by Gasteiger charge is 2.17. The summed E-state index contributed by atoms with van der Waals surface area (Å²) in [6, 6.07) is 8.95. The lowest BCUT2D eigenvalue weighted by atomic mass is 10.0. The Morgan fingerprint density at radius 2 is 2.05 bits per heavy atom. The number of fused-ring (bicyclic) bond motifs is 1. The largest absolute Gasteiger partial charge is 0.325 e. The third-order valence-corrected chi connectivity index (χ3v) is 2.89. The molecule has 2 rings (SSSR count). The molecule has 0 saturated heterocycles. The molecular formula is C14H18ClN3O. The second-order valence-corrected chi connectivity index (χ2v) is 4.67. The van der Waals surface area contributed by atoms with Crippen molar-refractivity contribution in [2.45, 2.75) is 19.9 Å². The van der Waals surface area contributed by atoms with Crippen LogP contribution in [-0.4, -0.2) is 16.9 Å². The van der Waals surface area contributed by atoms with E-state index in [1.165, 1.54) is 0 Å². The summed E-state index contributed by atoms with van der Waals surface area (Å²) < 4.78 is 0. The Morgan fingerprint density at radius 1 is 1.32 bits per heavy atom. The van der Waals surface area contributed by atoms with E-state index in [0.717, 1.165) is 16.6 Å². The Bertz CT molecular complexity index is 571. The molecule has 1 heterocycles. The highest BCUT2D eigenvalue weighted by atomic mass is 35.5. The van der Waals surface area contributed by atoms with Crippen molar-refractivity contribution < 1.29 is 4.79 Å². The highest BCUT2D eigenvalue weighted by molar-refractivity contribution is 5.96. The van der Waals surface area contributed by atoms with Gasteiger partial charge in [-0.3, -0.25) is 9.78 Å². The molecule has 0 aliphatic heterocycles. The molecule has 0 unspecified atom stereocenters. The van der Waals surface area contributed by atoms with Crippen molar-refractivity contribution in [1.82, 2.24) is 4.98 Å². The monoisotopic (exact) mass is 279 g/mol. The average Bonchev–Trinajstić information content (AvgIpc) is 2.37. The molecule has 1 aromatic carbocycles. The number of carbonyl (C=O) groups excluding carboxylic acids is 1. The Hall–Kier alpha value is -1.65. The number of rotatable bonds is 3. The van der Waals surface area contributed by atoms with Crippen LogP contribution in [0.15, 0.2) is 36.5 Å². The second kappa shape index (κ2) is 6.50. The van der Waals surface area contributed by atoms with Gasteiger partial charge in [-0.15, -0.1) is 12.4 Å². The Labute approximate surface area is 118 Å². The second-order valence-electron chi connectivity index (χ2n) is 4.67. The van der Waals surface area contributed by atoms with Gasteiger partial charge in [0.1, 0.15) is 0 Å². The lowest BCUT2D eigenvalue weighted by molar-refractivity contribution is -0.118. The molecule has 1 atom stereocenters. The lowest BCUT2D eigenvalue weighted by Crippen LogP contribution is -2.39. The van der Waals surface area contributed by atoms with Crippen LogP contribution in [0, 0.1) is 5.92 Å². The fraction of sp³-hybridized carbons (Fsp3) is 0.286. The molecule has 4 nitrogen and oxygen atoms in total. The maximum Gasteiger partial charge on any atom is 0.241 e. The van der Waals surface area contributed by atoms with Crippen molar-refractivity contribution in [3.8, 4) is 0 Å². The van der Waals surface area contributed by atoms with Gasteiger partial charge >= 0.3 is 0 Å². The Kier molecular flexibility index (Phi) is 5.27. The van der Waals surface area contributed by atoms with E-state index in [9.17, 15) is 4.79 Å². The minimum absolute atomic E-state index is 0. The number of hydrogen-bond donors (Lipinski definition) is 2. The molecule has 0 radical (unpaired) electrons. The minimum atomic E-state index is -0.491. The molecule has 0 aliphatic carbocycles. The zero-order valence-electron chi connectivity index (χ0n) is 11.0. The van der Waals surface area contributed by atoms with Gasteiger partial charge in [0.05, 0.1) is 11.6 Å². The molecule has 102 valence electrons. The number of nitrogens with one attached hydrogen (secondary N) is 1. The summed E-state index contributed by atoms with van der Waals surface area (Å²) in [5, 5.41) is 3.82. The van der Waals surface area contributed by atoms with Crippen LogP contribution in [0.5, 0.6) is 0 Å². The van der Waals surface area contributed by atoms with E-state index in [-0.39, 0.29) is 24.2 Å². The molecule has 0 fully saturated rings.